The second kappa shape index (κ2) is 6.36. The van der Waals surface area contributed by atoms with Crippen LogP contribution in [0.4, 0.5) is 5.82 Å². The maximum absolute atomic E-state index is 11.9. The van der Waals surface area contributed by atoms with E-state index in [1.807, 2.05) is 12.3 Å². The van der Waals surface area contributed by atoms with Gasteiger partial charge in [0.25, 0.3) is 0 Å². The van der Waals surface area contributed by atoms with Gasteiger partial charge in [0, 0.05) is 17.1 Å². The zero-order valence-electron chi connectivity index (χ0n) is 12.7. The lowest BCUT2D eigenvalue weighted by Gasteiger charge is -2.27. The Bertz CT molecular complexity index is 622. The fourth-order valence-electron chi connectivity index (χ4n) is 1.85. The largest absolute Gasteiger partial charge is 0.360 e. The summed E-state index contributed by atoms with van der Waals surface area (Å²) in [5, 5.41) is 12.7. The first-order valence-electron chi connectivity index (χ1n) is 6.84. The highest BCUT2D eigenvalue weighted by Gasteiger charge is 2.28. The molecule has 0 radical (unpaired) electrons. The minimum atomic E-state index is -0.310. The van der Waals surface area contributed by atoms with Crippen LogP contribution in [-0.2, 0) is 10.3 Å². The van der Waals surface area contributed by atoms with Crippen LogP contribution in [0.5, 0.6) is 0 Å². The van der Waals surface area contributed by atoms with Crippen LogP contribution in [0.2, 0.25) is 0 Å². The van der Waals surface area contributed by atoms with Gasteiger partial charge < -0.3 is 9.84 Å². The highest BCUT2D eigenvalue weighted by Crippen LogP contribution is 2.27. The highest BCUT2D eigenvalue weighted by atomic mass is 32.1. The number of hydrogen-bond acceptors (Lipinski definition) is 6. The molecule has 0 aliphatic heterocycles. The van der Waals surface area contributed by atoms with Crippen molar-refractivity contribution < 1.29 is 9.32 Å². The highest BCUT2D eigenvalue weighted by molar-refractivity contribution is 7.09. The van der Waals surface area contributed by atoms with Crippen molar-refractivity contribution in [2.24, 2.45) is 0 Å². The van der Waals surface area contributed by atoms with E-state index in [0.717, 1.165) is 17.1 Å². The summed E-state index contributed by atoms with van der Waals surface area (Å²) in [6, 6.07) is 1.68. The molecule has 1 atom stereocenters. The van der Waals surface area contributed by atoms with Crippen LogP contribution in [0.1, 0.15) is 36.7 Å². The third kappa shape index (κ3) is 3.89. The van der Waals surface area contributed by atoms with Crippen molar-refractivity contribution >= 4 is 23.1 Å². The molecule has 0 saturated heterocycles. The lowest BCUT2D eigenvalue weighted by Crippen LogP contribution is -2.43. The Balaban J connectivity index is 1.95. The Morgan fingerprint density at radius 1 is 1.48 bits per heavy atom. The molecule has 0 saturated carbocycles. The number of thiazole rings is 1. The van der Waals surface area contributed by atoms with Gasteiger partial charge in [0.15, 0.2) is 5.82 Å². The van der Waals surface area contributed by atoms with Gasteiger partial charge in [0.2, 0.25) is 5.91 Å². The van der Waals surface area contributed by atoms with E-state index in [4.69, 9.17) is 4.52 Å². The number of hydrogen-bond donors (Lipinski definition) is 2. The summed E-state index contributed by atoms with van der Waals surface area (Å²) in [7, 11) is 0. The smallest absolute Gasteiger partial charge is 0.239 e. The van der Waals surface area contributed by atoms with Crippen molar-refractivity contribution in [1.82, 2.24) is 15.5 Å². The number of amides is 1. The molecule has 2 N–H and O–H groups in total. The van der Waals surface area contributed by atoms with Crippen molar-refractivity contribution in [2.45, 2.75) is 39.7 Å². The molecule has 2 aromatic rings. The maximum atomic E-state index is 11.9. The molecule has 6 nitrogen and oxygen atoms in total. The topological polar surface area (TPSA) is 80.0 Å². The first-order chi connectivity index (χ1) is 9.93. The average Bonchev–Trinajstić information content (AvgIpc) is 3.05. The number of anilines is 1. The summed E-state index contributed by atoms with van der Waals surface area (Å²) >= 11 is 1.61. The molecule has 0 bridgehead atoms. The molecule has 0 aliphatic carbocycles. The standard InChI is InChI=1S/C14H20N4O2S/c1-5-14(4,13-16-9(2)8-21-13)15-7-12(19)17-11-6-10(3)20-18-11/h6,8,15H,5,7H2,1-4H3,(H,17,18,19)/t14-/m0/s1. The number of carbonyl (C=O) groups is 1. The number of aryl methyl sites for hydroxylation is 2. The fourth-order valence-corrected chi connectivity index (χ4v) is 2.86. The molecule has 21 heavy (non-hydrogen) atoms. The molecular formula is C14H20N4O2S. The van der Waals surface area contributed by atoms with E-state index in [-0.39, 0.29) is 18.0 Å². The van der Waals surface area contributed by atoms with Crippen LogP contribution in [0.3, 0.4) is 0 Å². The number of nitrogens with zero attached hydrogens (tertiary/aromatic N) is 2. The number of carbonyl (C=O) groups excluding carboxylic acids is 1. The minimum absolute atomic E-state index is 0.156. The van der Waals surface area contributed by atoms with Crippen LogP contribution >= 0.6 is 11.3 Å². The normalized spacial score (nSPS) is 13.9. The molecule has 0 fully saturated rings. The Hall–Kier alpha value is -1.73. The second-order valence-corrected chi connectivity index (χ2v) is 6.06. The van der Waals surface area contributed by atoms with Crippen LogP contribution in [0.15, 0.2) is 16.0 Å². The second-order valence-electron chi connectivity index (χ2n) is 5.20. The van der Waals surface area contributed by atoms with E-state index in [2.05, 4.69) is 34.6 Å². The predicted octanol–water partition coefficient (Wildman–Crippen LogP) is 2.60. The van der Waals surface area contributed by atoms with Crippen LogP contribution in [-0.4, -0.2) is 22.6 Å². The van der Waals surface area contributed by atoms with E-state index in [1.165, 1.54) is 0 Å². The monoisotopic (exact) mass is 308 g/mol. The van der Waals surface area contributed by atoms with Crippen molar-refractivity contribution in [3.8, 4) is 0 Å². The molecule has 2 aromatic heterocycles. The van der Waals surface area contributed by atoms with Gasteiger partial charge in [-0.15, -0.1) is 11.3 Å². The van der Waals surface area contributed by atoms with Gasteiger partial charge in [-0.05, 0) is 27.2 Å². The van der Waals surface area contributed by atoms with Crippen molar-refractivity contribution in [3.05, 3.63) is 27.9 Å². The van der Waals surface area contributed by atoms with Gasteiger partial charge in [-0.2, -0.15) is 0 Å². The SMILES string of the molecule is CC[C@](C)(NCC(=O)Nc1cc(C)on1)c1nc(C)cs1. The van der Waals surface area contributed by atoms with E-state index in [0.29, 0.717) is 11.6 Å². The quantitative estimate of drug-likeness (QED) is 0.857. The number of nitrogens with one attached hydrogen (secondary N) is 2. The summed E-state index contributed by atoms with van der Waals surface area (Å²) < 4.78 is 4.91. The fraction of sp³-hybridized carbons (Fsp3) is 0.500. The van der Waals surface area contributed by atoms with Gasteiger partial charge in [-0.1, -0.05) is 12.1 Å². The maximum Gasteiger partial charge on any atom is 0.239 e. The molecule has 1 amide bonds. The summed E-state index contributed by atoms with van der Waals surface area (Å²) in [6.07, 6.45) is 0.844. The lowest BCUT2D eigenvalue weighted by molar-refractivity contribution is -0.115. The molecule has 2 heterocycles. The average molecular weight is 308 g/mol. The zero-order valence-corrected chi connectivity index (χ0v) is 13.5. The van der Waals surface area contributed by atoms with Crippen LogP contribution < -0.4 is 10.6 Å². The van der Waals surface area contributed by atoms with E-state index < -0.39 is 0 Å². The van der Waals surface area contributed by atoms with Crippen molar-refractivity contribution in [3.63, 3.8) is 0 Å². The van der Waals surface area contributed by atoms with Gasteiger partial charge in [0.1, 0.15) is 10.8 Å². The summed E-state index contributed by atoms with van der Waals surface area (Å²) in [5.41, 5.74) is 0.690. The van der Waals surface area contributed by atoms with E-state index in [1.54, 1.807) is 24.3 Å². The molecule has 114 valence electrons. The van der Waals surface area contributed by atoms with Crippen LogP contribution in [0, 0.1) is 13.8 Å². The first-order valence-corrected chi connectivity index (χ1v) is 7.71. The third-order valence-electron chi connectivity index (χ3n) is 3.33. The lowest BCUT2D eigenvalue weighted by atomic mass is 10.00. The molecule has 0 spiro atoms. The summed E-state index contributed by atoms with van der Waals surface area (Å²) in [6.45, 7) is 8.06. The van der Waals surface area contributed by atoms with Crippen molar-refractivity contribution in [2.75, 3.05) is 11.9 Å². The molecule has 2 rings (SSSR count). The van der Waals surface area contributed by atoms with Gasteiger partial charge >= 0.3 is 0 Å². The molecule has 0 unspecified atom stereocenters. The Morgan fingerprint density at radius 3 is 2.76 bits per heavy atom. The molecule has 7 heteroatoms. The minimum Gasteiger partial charge on any atom is -0.360 e. The van der Waals surface area contributed by atoms with Gasteiger partial charge in [0.05, 0.1) is 12.1 Å². The van der Waals surface area contributed by atoms with Crippen LogP contribution in [0.25, 0.3) is 0 Å². The van der Waals surface area contributed by atoms with E-state index in [9.17, 15) is 4.79 Å². The van der Waals surface area contributed by atoms with Crippen molar-refractivity contribution in [1.29, 1.82) is 0 Å². The third-order valence-corrected chi connectivity index (χ3v) is 4.56. The Morgan fingerprint density at radius 2 is 2.24 bits per heavy atom. The van der Waals surface area contributed by atoms with E-state index >= 15 is 0 Å². The Labute approximate surface area is 127 Å². The number of aromatic nitrogens is 2. The molecule has 0 aromatic carbocycles. The molecular weight excluding hydrogens is 288 g/mol. The number of rotatable bonds is 6. The zero-order chi connectivity index (χ0) is 15.5. The van der Waals surface area contributed by atoms with Gasteiger partial charge in [-0.25, -0.2) is 4.98 Å². The predicted molar refractivity (Wildman–Crippen MR) is 82.4 cm³/mol. The van der Waals surface area contributed by atoms with Gasteiger partial charge in [-0.3, -0.25) is 10.1 Å². The summed E-state index contributed by atoms with van der Waals surface area (Å²) in [4.78, 5) is 16.5. The first kappa shape index (κ1) is 15.7. The summed E-state index contributed by atoms with van der Waals surface area (Å²) in [5.74, 6) is 0.939. The molecule has 0 aliphatic rings. The Kier molecular flexibility index (Phi) is 4.74.